The summed E-state index contributed by atoms with van der Waals surface area (Å²) in [5, 5.41) is 7.50. The lowest BCUT2D eigenvalue weighted by Gasteiger charge is -2.12. The van der Waals surface area contributed by atoms with Gasteiger partial charge >= 0.3 is 6.03 Å². The van der Waals surface area contributed by atoms with Gasteiger partial charge in [0, 0.05) is 34.2 Å². The highest BCUT2D eigenvalue weighted by Gasteiger charge is 2.19. The molecule has 0 bridgehead atoms. The number of amides is 4. The molecule has 0 spiro atoms. The maximum atomic E-state index is 12.6. The average molecular weight is 500 g/mol. The van der Waals surface area contributed by atoms with Crippen molar-refractivity contribution in [1.29, 1.82) is 0 Å². The van der Waals surface area contributed by atoms with Crippen LogP contribution in [0, 0.1) is 0 Å². The van der Waals surface area contributed by atoms with Crippen molar-refractivity contribution in [2.75, 3.05) is 26.6 Å². The first-order valence-electron chi connectivity index (χ1n) is 9.98. The third-order valence-electron chi connectivity index (χ3n) is 4.61. The van der Waals surface area contributed by atoms with Gasteiger partial charge in [-0.25, -0.2) is 4.79 Å². The molecule has 0 atom stereocenters. The topological polar surface area (TPSA) is 106 Å². The van der Waals surface area contributed by atoms with Crippen molar-refractivity contribution in [1.82, 2.24) is 10.6 Å². The van der Waals surface area contributed by atoms with Gasteiger partial charge in [0.2, 0.25) is 0 Å². The van der Waals surface area contributed by atoms with Crippen LogP contribution in [0.2, 0.25) is 5.02 Å². The lowest BCUT2D eigenvalue weighted by molar-refractivity contribution is 0.0955. The van der Waals surface area contributed by atoms with E-state index in [1.807, 2.05) is 24.3 Å². The summed E-state index contributed by atoms with van der Waals surface area (Å²) in [5.74, 6) is -0.250. The standard InChI is InChI=1S/C24H22ClN3O5S/c1-26-22(29)14-5-4-6-18(11-14)34-17-9-7-15(8-10-17)27-24(31)28-23(30)19-12-16(32-2)13-20(33-3)21(19)25/h4-13H,1-3H3,(H,26,29)(H2,27,28,30,31). The normalized spacial score (nSPS) is 10.2. The van der Waals surface area contributed by atoms with Gasteiger partial charge in [0.1, 0.15) is 11.5 Å². The second kappa shape index (κ2) is 11.4. The van der Waals surface area contributed by atoms with Gasteiger partial charge in [-0.1, -0.05) is 29.4 Å². The number of benzene rings is 3. The molecule has 0 radical (unpaired) electrons. The zero-order valence-corrected chi connectivity index (χ0v) is 20.2. The molecule has 3 rings (SSSR count). The maximum Gasteiger partial charge on any atom is 0.326 e. The highest BCUT2D eigenvalue weighted by Crippen LogP contribution is 2.33. The molecule has 0 aliphatic heterocycles. The van der Waals surface area contributed by atoms with Gasteiger partial charge in [-0.3, -0.25) is 14.9 Å². The van der Waals surface area contributed by atoms with Gasteiger partial charge in [-0.05, 0) is 48.5 Å². The van der Waals surface area contributed by atoms with E-state index in [0.717, 1.165) is 9.79 Å². The lowest BCUT2D eigenvalue weighted by Crippen LogP contribution is -2.34. The summed E-state index contributed by atoms with van der Waals surface area (Å²) in [6.45, 7) is 0. The molecule has 0 aromatic heterocycles. The van der Waals surface area contributed by atoms with Crippen molar-refractivity contribution in [2.24, 2.45) is 0 Å². The molecule has 0 aliphatic carbocycles. The molecule has 34 heavy (non-hydrogen) atoms. The Kier molecular flexibility index (Phi) is 8.39. The van der Waals surface area contributed by atoms with E-state index in [9.17, 15) is 14.4 Å². The van der Waals surface area contributed by atoms with Crippen LogP contribution in [0.15, 0.2) is 70.5 Å². The van der Waals surface area contributed by atoms with E-state index in [1.54, 1.807) is 31.3 Å². The zero-order chi connectivity index (χ0) is 24.7. The molecule has 3 aromatic rings. The molecule has 0 fully saturated rings. The number of ether oxygens (including phenoxy) is 2. The van der Waals surface area contributed by atoms with Crippen molar-refractivity contribution >= 4 is 46.9 Å². The molecule has 0 unspecified atom stereocenters. The number of imide groups is 1. The Morgan fingerprint density at radius 2 is 1.62 bits per heavy atom. The van der Waals surface area contributed by atoms with Gasteiger partial charge in [-0.15, -0.1) is 0 Å². The SMILES string of the molecule is CNC(=O)c1cccc(Sc2ccc(NC(=O)NC(=O)c3cc(OC)cc(OC)c3Cl)cc2)c1. The van der Waals surface area contributed by atoms with E-state index in [4.69, 9.17) is 21.1 Å². The van der Waals surface area contributed by atoms with E-state index in [1.165, 1.54) is 38.1 Å². The number of methoxy groups -OCH3 is 2. The van der Waals surface area contributed by atoms with Crippen LogP contribution in [0.5, 0.6) is 11.5 Å². The minimum atomic E-state index is -0.721. The molecule has 3 aromatic carbocycles. The molecule has 0 saturated heterocycles. The van der Waals surface area contributed by atoms with Gasteiger partial charge in [0.15, 0.2) is 0 Å². The summed E-state index contributed by atoms with van der Waals surface area (Å²) in [4.78, 5) is 38.5. The van der Waals surface area contributed by atoms with Crippen LogP contribution in [-0.2, 0) is 0 Å². The Bertz CT molecular complexity index is 1220. The average Bonchev–Trinajstić information content (AvgIpc) is 2.84. The molecular formula is C24H22ClN3O5S. The van der Waals surface area contributed by atoms with E-state index in [0.29, 0.717) is 17.0 Å². The predicted octanol–water partition coefficient (Wildman–Crippen LogP) is 4.83. The fourth-order valence-corrected chi connectivity index (χ4v) is 4.07. The second-order valence-electron chi connectivity index (χ2n) is 6.83. The first-order valence-corrected chi connectivity index (χ1v) is 11.2. The Morgan fingerprint density at radius 3 is 2.26 bits per heavy atom. The largest absolute Gasteiger partial charge is 0.497 e. The predicted molar refractivity (Wildman–Crippen MR) is 131 cm³/mol. The van der Waals surface area contributed by atoms with E-state index >= 15 is 0 Å². The summed E-state index contributed by atoms with van der Waals surface area (Å²) >= 11 is 7.67. The highest BCUT2D eigenvalue weighted by atomic mass is 35.5. The Hall–Kier alpha value is -3.69. The monoisotopic (exact) mass is 499 g/mol. The van der Waals surface area contributed by atoms with Crippen molar-refractivity contribution in [3.63, 3.8) is 0 Å². The van der Waals surface area contributed by atoms with Crippen LogP contribution < -0.4 is 25.4 Å². The van der Waals surface area contributed by atoms with Crippen LogP contribution >= 0.6 is 23.4 Å². The first kappa shape index (κ1) is 24.9. The summed E-state index contributed by atoms with van der Waals surface area (Å²) in [6.07, 6.45) is 0. The van der Waals surface area contributed by atoms with Crippen LogP contribution in [0.3, 0.4) is 0 Å². The molecule has 0 aliphatic rings. The molecule has 0 saturated carbocycles. The molecular weight excluding hydrogens is 478 g/mol. The molecule has 176 valence electrons. The molecule has 0 heterocycles. The number of nitrogens with one attached hydrogen (secondary N) is 3. The van der Waals surface area contributed by atoms with Crippen LogP contribution in [-0.4, -0.2) is 39.1 Å². The fraction of sp³-hybridized carbons (Fsp3) is 0.125. The lowest BCUT2D eigenvalue weighted by atomic mass is 10.2. The second-order valence-corrected chi connectivity index (χ2v) is 8.36. The van der Waals surface area contributed by atoms with Gasteiger partial charge in [0.25, 0.3) is 11.8 Å². The van der Waals surface area contributed by atoms with E-state index in [-0.39, 0.29) is 22.2 Å². The summed E-state index contributed by atoms with van der Waals surface area (Å²) in [5.41, 5.74) is 1.10. The fourth-order valence-electron chi connectivity index (χ4n) is 2.92. The summed E-state index contributed by atoms with van der Waals surface area (Å²) in [7, 11) is 4.44. The first-order chi connectivity index (χ1) is 16.3. The van der Waals surface area contributed by atoms with E-state index < -0.39 is 11.9 Å². The molecule has 8 nitrogen and oxygen atoms in total. The van der Waals surface area contributed by atoms with Crippen molar-refractivity contribution < 1.29 is 23.9 Å². The van der Waals surface area contributed by atoms with Crippen LogP contribution in [0.4, 0.5) is 10.5 Å². The maximum absolute atomic E-state index is 12.6. The zero-order valence-electron chi connectivity index (χ0n) is 18.6. The number of hydrogen-bond acceptors (Lipinski definition) is 6. The third kappa shape index (κ3) is 6.21. The molecule has 4 amide bonds. The number of hydrogen-bond donors (Lipinski definition) is 3. The van der Waals surface area contributed by atoms with Crippen LogP contribution in [0.1, 0.15) is 20.7 Å². The van der Waals surface area contributed by atoms with Crippen molar-refractivity contribution in [2.45, 2.75) is 9.79 Å². The number of anilines is 1. The van der Waals surface area contributed by atoms with Gasteiger partial charge in [-0.2, -0.15) is 0 Å². The number of rotatable bonds is 7. The highest BCUT2D eigenvalue weighted by molar-refractivity contribution is 7.99. The van der Waals surface area contributed by atoms with Gasteiger partial charge in [0.05, 0.1) is 24.8 Å². The van der Waals surface area contributed by atoms with Crippen molar-refractivity contribution in [3.8, 4) is 11.5 Å². The number of urea groups is 1. The quantitative estimate of drug-likeness (QED) is 0.430. The number of halogens is 1. The number of carbonyl (C=O) groups is 3. The van der Waals surface area contributed by atoms with E-state index in [2.05, 4.69) is 16.0 Å². The summed E-state index contributed by atoms with van der Waals surface area (Å²) < 4.78 is 10.3. The third-order valence-corrected chi connectivity index (χ3v) is 6.00. The summed E-state index contributed by atoms with van der Waals surface area (Å²) in [6, 6.07) is 16.5. The minimum absolute atomic E-state index is 0.0405. The number of carbonyl (C=O) groups excluding carboxylic acids is 3. The Morgan fingerprint density at radius 1 is 0.882 bits per heavy atom. The molecule has 3 N–H and O–H groups in total. The smallest absolute Gasteiger partial charge is 0.326 e. The Labute approximate surface area is 206 Å². The molecule has 10 heteroatoms. The minimum Gasteiger partial charge on any atom is -0.497 e. The van der Waals surface area contributed by atoms with Gasteiger partial charge < -0.3 is 20.1 Å². The van der Waals surface area contributed by atoms with Crippen molar-refractivity contribution in [3.05, 3.63) is 76.8 Å². The van der Waals surface area contributed by atoms with Crippen LogP contribution in [0.25, 0.3) is 0 Å². The Balaban J connectivity index is 1.63.